The van der Waals surface area contributed by atoms with Gasteiger partial charge in [0.2, 0.25) is 0 Å². The summed E-state index contributed by atoms with van der Waals surface area (Å²) in [7, 11) is 1.69. The summed E-state index contributed by atoms with van der Waals surface area (Å²) < 4.78 is 16.7. The summed E-state index contributed by atoms with van der Waals surface area (Å²) >= 11 is 0. The van der Waals surface area contributed by atoms with Crippen LogP contribution in [0.25, 0.3) is 0 Å². The molecule has 2 heterocycles. The van der Waals surface area contributed by atoms with Gasteiger partial charge in [0.05, 0.1) is 25.3 Å². The van der Waals surface area contributed by atoms with Crippen molar-refractivity contribution < 1.29 is 19.0 Å². The molecule has 1 aromatic rings. The highest BCUT2D eigenvalue weighted by atomic mass is 16.5. The van der Waals surface area contributed by atoms with E-state index in [0.717, 1.165) is 24.3 Å². The van der Waals surface area contributed by atoms with Crippen LogP contribution in [0, 0.1) is 5.92 Å². The molecule has 6 nitrogen and oxygen atoms in total. The number of hydrogen-bond donors (Lipinski definition) is 1. The summed E-state index contributed by atoms with van der Waals surface area (Å²) in [4.78, 5) is 14.5. The molecule has 3 atom stereocenters. The molecule has 0 aromatic heterocycles. The second-order valence-electron chi connectivity index (χ2n) is 6.48. The molecule has 3 rings (SSSR count). The van der Waals surface area contributed by atoms with Gasteiger partial charge in [0.15, 0.2) is 0 Å². The molecular formula is C18H26N2O4. The van der Waals surface area contributed by atoms with Crippen LogP contribution < -0.4 is 10.1 Å². The van der Waals surface area contributed by atoms with Crippen LogP contribution in [-0.2, 0) is 16.0 Å². The maximum atomic E-state index is 12.7. The fourth-order valence-corrected chi connectivity index (χ4v) is 3.26. The van der Waals surface area contributed by atoms with Crippen LogP contribution in [0.2, 0.25) is 0 Å². The SMILES string of the molecule is COC1COCCC1CNC(=O)N1Cc2ccccc2OCC1C. The van der Waals surface area contributed by atoms with Crippen molar-refractivity contribution in [3.63, 3.8) is 0 Å². The molecule has 0 saturated carbocycles. The molecule has 0 bridgehead atoms. The largest absolute Gasteiger partial charge is 0.491 e. The van der Waals surface area contributed by atoms with Gasteiger partial charge in [-0.25, -0.2) is 4.79 Å². The average molecular weight is 334 g/mol. The Morgan fingerprint density at radius 1 is 1.38 bits per heavy atom. The van der Waals surface area contributed by atoms with E-state index in [-0.39, 0.29) is 18.2 Å². The third kappa shape index (κ3) is 3.82. The zero-order chi connectivity index (χ0) is 16.9. The number of rotatable bonds is 3. The topological polar surface area (TPSA) is 60.0 Å². The third-order valence-electron chi connectivity index (χ3n) is 4.85. The van der Waals surface area contributed by atoms with Crippen molar-refractivity contribution in [1.29, 1.82) is 0 Å². The molecule has 2 amide bonds. The van der Waals surface area contributed by atoms with Crippen LogP contribution in [0.1, 0.15) is 18.9 Å². The van der Waals surface area contributed by atoms with Gasteiger partial charge in [-0.15, -0.1) is 0 Å². The van der Waals surface area contributed by atoms with E-state index < -0.39 is 0 Å². The highest BCUT2D eigenvalue weighted by Gasteiger charge is 2.29. The molecule has 132 valence electrons. The fourth-order valence-electron chi connectivity index (χ4n) is 3.26. The van der Waals surface area contributed by atoms with E-state index in [1.54, 1.807) is 7.11 Å². The van der Waals surface area contributed by atoms with Gasteiger partial charge in [-0.3, -0.25) is 0 Å². The lowest BCUT2D eigenvalue weighted by molar-refractivity contribution is -0.0641. The molecule has 1 saturated heterocycles. The summed E-state index contributed by atoms with van der Waals surface area (Å²) in [6.07, 6.45) is 0.949. The second kappa shape index (κ2) is 7.85. The Morgan fingerprint density at radius 2 is 2.21 bits per heavy atom. The maximum Gasteiger partial charge on any atom is 0.318 e. The van der Waals surface area contributed by atoms with Crippen LogP contribution in [0.15, 0.2) is 24.3 Å². The lowest BCUT2D eigenvalue weighted by Gasteiger charge is -2.32. The number of fused-ring (bicyclic) bond motifs is 1. The van der Waals surface area contributed by atoms with Crippen LogP contribution >= 0.6 is 0 Å². The van der Waals surface area contributed by atoms with Gasteiger partial charge in [-0.2, -0.15) is 0 Å². The molecule has 3 unspecified atom stereocenters. The first-order valence-electron chi connectivity index (χ1n) is 8.54. The Hall–Kier alpha value is -1.79. The van der Waals surface area contributed by atoms with Crippen molar-refractivity contribution in [1.82, 2.24) is 10.2 Å². The van der Waals surface area contributed by atoms with Crippen molar-refractivity contribution in [3.05, 3.63) is 29.8 Å². The van der Waals surface area contributed by atoms with Crippen LogP contribution in [0.4, 0.5) is 4.79 Å². The first kappa shape index (κ1) is 17.0. The van der Waals surface area contributed by atoms with E-state index in [0.29, 0.717) is 32.2 Å². The average Bonchev–Trinajstić information content (AvgIpc) is 2.79. The lowest BCUT2D eigenvalue weighted by atomic mass is 9.97. The van der Waals surface area contributed by atoms with Crippen molar-refractivity contribution in [2.45, 2.75) is 32.0 Å². The fraction of sp³-hybridized carbons (Fsp3) is 0.611. The Morgan fingerprint density at radius 3 is 3.04 bits per heavy atom. The summed E-state index contributed by atoms with van der Waals surface area (Å²) in [6, 6.07) is 7.85. The zero-order valence-corrected chi connectivity index (χ0v) is 14.4. The van der Waals surface area contributed by atoms with Crippen molar-refractivity contribution in [2.75, 3.05) is 33.5 Å². The standard InChI is InChI=1S/C18H26N2O4/c1-13-11-24-16-6-4-3-5-15(16)10-20(13)18(21)19-9-14-7-8-23-12-17(14)22-2/h3-6,13-14,17H,7-12H2,1-2H3,(H,19,21). The first-order valence-corrected chi connectivity index (χ1v) is 8.54. The van der Waals surface area contributed by atoms with Gasteiger partial charge >= 0.3 is 6.03 Å². The normalized spacial score (nSPS) is 26.9. The molecule has 0 radical (unpaired) electrons. The Labute approximate surface area is 143 Å². The second-order valence-corrected chi connectivity index (χ2v) is 6.48. The summed E-state index contributed by atoms with van der Waals surface area (Å²) in [5, 5.41) is 3.07. The summed E-state index contributed by atoms with van der Waals surface area (Å²) in [5.41, 5.74) is 1.04. The number of urea groups is 1. The molecule has 24 heavy (non-hydrogen) atoms. The number of nitrogens with zero attached hydrogens (tertiary/aromatic N) is 1. The molecule has 6 heteroatoms. The molecule has 1 fully saturated rings. The van der Waals surface area contributed by atoms with E-state index in [9.17, 15) is 4.79 Å². The van der Waals surface area contributed by atoms with Gasteiger partial charge in [0.1, 0.15) is 12.4 Å². The van der Waals surface area contributed by atoms with Crippen LogP contribution in [-0.4, -0.2) is 56.6 Å². The highest BCUT2D eigenvalue weighted by molar-refractivity contribution is 5.74. The van der Waals surface area contributed by atoms with Crippen molar-refractivity contribution >= 4 is 6.03 Å². The number of amides is 2. The Bertz CT molecular complexity index is 566. The quantitative estimate of drug-likeness (QED) is 0.919. The smallest absolute Gasteiger partial charge is 0.318 e. The van der Waals surface area contributed by atoms with Gasteiger partial charge in [0.25, 0.3) is 0 Å². The Kier molecular flexibility index (Phi) is 5.58. The molecule has 2 aliphatic rings. The monoisotopic (exact) mass is 334 g/mol. The van der Waals surface area contributed by atoms with Crippen LogP contribution in [0.5, 0.6) is 5.75 Å². The minimum atomic E-state index is -0.0517. The van der Waals surface area contributed by atoms with E-state index in [4.69, 9.17) is 14.2 Å². The minimum absolute atomic E-state index is 0.0188. The number of carbonyl (C=O) groups excluding carboxylic acids is 1. The Balaban J connectivity index is 1.61. The zero-order valence-electron chi connectivity index (χ0n) is 14.4. The van der Waals surface area contributed by atoms with Gasteiger partial charge in [-0.05, 0) is 19.4 Å². The van der Waals surface area contributed by atoms with E-state index >= 15 is 0 Å². The maximum absolute atomic E-state index is 12.7. The van der Waals surface area contributed by atoms with Gasteiger partial charge < -0.3 is 24.4 Å². The molecule has 0 spiro atoms. The van der Waals surface area contributed by atoms with Crippen LogP contribution in [0.3, 0.4) is 0 Å². The molecule has 1 aromatic carbocycles. The van der Waals surface area contributed by atoms with E-state index in [1.807, 2.05) is 36.1 Å². The lowest BCUT2D eigenvalue weighted by Crippen LogP contribution is -2.49. The van der Waals surface area contributed by atoms with E-state index in [2.05, 4.69) is 5.32 Å². The third-order valence-corrected chi connectivity index (χ3v) is 4.85. The highest BCUT2D eigenvalue weighted by Crippen LogP contribution is 2.25. The van der Waals surface area contributed by atoms with Crippen molar-refractivity contribution in [2.24, 2.45) is 5.92 Å². The minimum Gasteiger partial charge on any atom is -0.491 e. The van der Waals surface area contributed by atoms with Crippen molar-refractivity contribution in [3.8, 4) is 5.75 Å². The number of nitrogens with one attached hydrogen (secondary N) is 1. The number of hydrogen-bond acceptors (Lipinski definition) is 4. The number of ether oxygens (including phenoxy) is 3. The predicted molar refractivity (Wildman–Crippen MR) is 90.1 cm³/mol. The summed E-state index contributed by atoms with van der Waals surface area (Å²) in [6.45, 7) is 5.00. The number of para-hydroxylation sites is 1. The first-order chi connectivity index (χ1) is 11.7. The van der Waals surface area contributed by atoms with Gasteiger partial charge in [0, 0.05) is 31.7 Å². The van der Waals surface area contributed by atoms with Gasteiger partial charge in [-0.1, -0.05) is 18.2 Å². The predicted octanol–water partition coefficient (Wildman–Crippen LogP) is 2.03. The molecule has 2 aliphatic heterocycles. The summed E-state index contributed by atoms with van der Waals surface area (Å²) in [5.74, 6) is 1.15. The van der Waals surface area contributed by atoms with E-state index in [1.165, 1.54) is 0 Å². The number of methoxy groups -OCH3 is 1. The molecular weight excluding hydrogens is 308 g/mol. The number of carbonyl (C=O) groups is 1. The molecule has 0 aliphatic carbocycles. The molecule has 1 N–H and O–H groups in total. The number of benzene rings is 1.